The number of piperazine rings is 1. The maximum Gasteiger partial charge on any atom is 0.407 e. The van der Waals surface area contributed by atoms with Crippen molar-refractivity contribution in [2.24, 2.45) is 0 Å². The van der Waals surface area contributed by atoms with Crippen LogP contribution in [-0.4, -0.2) is 56.2 Å². The standard InChI is InChI=1S/C20H22FN7O2/c1-20(2)11-27(7-8-28(20)19(29)30)14-5-3-13(4-6-14)24-18-23-10-12-9-15(21)16(22)25-17(12)26-18/h3-6,9-10H,7-8,11H2,1-2H3,(H,29,30)(H3,22,23,24,25,26). The first kappa shape index (κ1) is 19.6. The number of aromatic nitrogens is 3. The van der Waals surface area contributed by atoms with Crippen molar-refractivity contribution in [3.05, 3.63) is 42.3 Å². The molecule has 0 atom stereocenters. The van der Waals surface area contributed by atoms with Gasteiger partial charge in [-0.15, -0.1) is 0 Å². The van der Waals surface area contributed by atoms with E-state index in [4.69, 9.17) is 5.73 Å². The van der Waals surface area contributed by atoms with Gasteiger partial charge >= 0.3 is 6.09 Å². The van der Waals surface area contributed by atoms with Crippen LogP contribution in [0.5, 0.6) is 0 Å². The molecule has 1 saturated heterocycles. The van der Waals surface area contributed by atoms with Crippen LogP contribution in [0.15, 0.2) is 36.5 Å². The molecule has 0 radical (unpaired) electrons. The number of amides is 1. The molecule has 0 aliphatic carbocycles. The molecule has 1 aromatic carbocycles. The lowest BCUT2D eigenvalue weighted by molar-refractivity contribution is 0.0845. The van der Waals surface area contributed by atoms with Crippen molar-refractivity contribution in [1.29, 1.82) is 0 Å². The maximum absolute atomic E-state index is 13.5. The van der Waals surface area contributed by atoms with E-state index in [1.54, 1.807) is 0 Å². The highest BCUT2D eigenvalue weighted by molar-refractivity contribution is 5.77. The molecule has 156 valence electrons. The molecule has 0 bridgehead atoms. The van der Waals surface area contributed by atoms with Crippen LogP contribution in [-0.2, 0) is 0 Å². The first-order valence-electron chi connectivity index (χ1n) is 9.44. The number of anilines is 4. The fraction of sp³-hybridized carbons (Fsp3) is 0.300. The fourth-order valence-electron chi connectivity index (χ4n) is 3.63. The predicted octanol–water partition coefficient (Wildman–Crippen LogP) is 3.07. The summed E-state index contributed by atoms with van der Waals surface area (Å²) in [6.07, 6.45) is 0.590. The highest BCUT2D eigenvalue weighted by Crippen LogP contribution is 2.27. The number of carboxylic acid groups (broad SMARTS) is 1. The molecule has 3 aromatic rings. The number of nitrogens with one attached hydrogen (secondary N) is 1. The lowest BCUT2D eigenvalue weighted by Crippen LogP contribution is -2.60. The van der Waals surface area contributed by atoms with Crippen molar-refractivity contribution in [3.8, 4) is 0 Å². The van der Waals surface area contributed by atoms with Crippen LogP contribution in [0.3, 0.4) is 0 Å². The molecule has 10 heteroatoms. The Morgan fingerprint density at radius 1 is 1.23 bits per heavy atom. The van der Waals surface area contributed by atoms with Gasteiger partial charge in [0, 0.05) is 42.6 Å². The number of hydrogen-bond donors (Lipinski definition) is 3. The molecule has 9 nitrogen and oxygen atoms in total. The highest BCUT2D eigenvalue weighted by Gasteiger charge is 2.36. The number of hydrogen-bond acceptors (Lipinski definition) is 7. The number of nitrogen functional groups attached to an aromatic ring is 1. The lowest BCUT2D eigenvalue weighted by Gasteiger charge is -2.46. The van der Waals surface area contributed by atoms with E-state index in [1.165, 1.54) is 17.2 Å². The van der Waals surface area contributed by atoms with Crippen molar-refractivity contribution in [1.82, 2.24) is 19.9 Å². The minimum atomic E-state index is -0.895. The second-order valence-corrected chi connectivity index (χ2v) is 7.80. The van der Waals surface area contributed by atoms with Gasteiger partial charge in [0.25, 0.3) is 0 Å². The Hall–Kier alpha value is -3.69. The molecule has 1 aliphatic rings. The summed E-state index contributed by atoms with van der Waals surface area (Å²) in [6.45, 7) is 5.52. The molecule has 1 fully saturated rings. The van der Waals surface area contributed by atoms with Crippen LogP contribution in [0.1, 0.15) is 13.8 Å². The predicted molar refractivity (Wildman–Crippen MR) is 112 cm³/mol. The van der Waals surface area contributed by atoms with Gasteiger partial charge in [-0.1, -0.05) is 0 Å². The van der Waals surface area contributed by atoms with E-state index in [1.807, 2.05) is 38.1 Å². The monoisotopic (exact) mass is 411 g/mol. The van der Waals surface area contributed by atoms with E-state index < -0.39 is 17.4 Å². The topological polar surface area (TPSA) is 120 Å². The Balaban J connectivity index is 1.48. The largest absolute Gasteiger partial charge is 0.465 e. The summed E-state index contributed by atoms with van der Waals surface area (Å²) in [7, 11) is 0. The average Bonchev–Trinajstić information content (AvgIpc) is 2.68. The third-order valence-electron chi connectivity index (χ3n) is 5.17. The molecule has 4 rings (SSSR count). The SMILES string of the molecule is CC1(C)CN(c2ccc(Nc3ncc4cc(F)c(N)nc4n3)cc2)CCN1C(=O)O. The molecular formula is C20H22FN7O2. The van der Waals surface area contributed by atoms with Crippen LogP contribution in [0, 0.1) is 5.82 Å². The Labute approximate surface area is 172 Å². The van der Waals surface area contributed by atoms with Crippen LogP contribution in [0.2, 0.25) is 0 Å². The minimum absolute atomic E-state index is 0.206. The first-order valence-corrected chi connectivity index (χ1v) is 9.44. The van der Waals surface area contributed by atoms with E-state index in [-0.39, 0.29) is 5.82 Å². The van der Waals surface area contributed by atoms with Gasteiger partial charge in [-0.25, -0.2) is 19.2 Å². The summed E-state index contributed by atoms with van der Waals surface area (Å²) in [5.74, 6) is -0.484. The second-order valence-electron chi connectivity index (χ2n) is 7.80. The number of carbonyl (C=O) groups is 1. The fourth-order valence-corrected chi connectivity index (χ4v) is 3.63. The third kappa shape index (κ3) is 3.76. The smallest absolute Gasteiger partial charge is 0.407 e. The molecule has 2 aromatic heterocycles. The van der Waals surface area contributed by atoms with Gasteiger partial charge in [0.1, 0.15) is 0 Å². The van der Waals surface area contributed by atoms with Crippen LogP contribution in [0.25, 0.3) is 11.0 Å². The molecule has 0 unspecified atom stereocenters. The molecule has 30 heavy (non-hydrogen) atoms. The van der Waals surface area contributed by atoms with Crippen molar-refractivity contribution in [2.45, 2.75) is 19.4 Å². The number of halogens is 1. The third-order valence-corrected chi connectivity index (χ3v) is 5.17. The number of nitrogens with zero attached hydrogens (tertiary/aromatic N) is 5. The zero-order valence-electron chi connectivity index (χ0n) is 16.6. The number of fused-ring (bicyclic) bond motifs is 1. The molecule has 1 amide bonds. The van der Waals surface area contributed by atoms with Gasteiger partial charge < -0.3 is 21.1 Å². The minimum Gasteiger partial charge on any atom is -0.465 e. The Bertz CT molecular complexity index is 1100. The summed E-state index contributed by atoms with van der Waals surface area (Å²) in [5.41, 5.74) is 7.12. The second kappa shape index (κ2) is 7.29. The Morgan fingerprint density at radius 2 is 1.97 bits per heavy atom. The molecule has 0 saturated carbocycles. The van der Waals surface area contributed by atoms with Gasteiger partial charge in [0.15, 0.2) is 17.3 Å². The van der Waals surface area contributed by atoms with Crippen LogP contribution in [0.4, 0.5) is 32.3 Å². The highest BCUT2D eigenvalue weighted by atomic mass is 19.1. The zero-order valence-corrected chi connectivity index (χ0v) is 16.6. The molecule has 1 aliphatic heterocycles. The molecule has 3 heterocycles. The summed E-state index contributed by atoms with van der Waals surface area (Å²) in [6, 6.07) is 8.96. The number of benzene rings is 1. The van der Waals surface area contributed by atoms with Gasteiger partial charge in [0.2, 0.25) is 5.95 Å². The van der Waals surface area contributed by atoms with Crippen molar-refractivity contribution >= 4 is 40.3 Å². The summed E-state index contributed by atoms with van der Waals surface area (Å²) >= 11 is 0. The number of rotatable bonds is 3. The van der Waals surface area contributed by atoms with Gasteiger partial charge in [-0.3, -0.25) is 4.90 Å². The number of pyridine rings is 1. The van der Waals surface area contributed by atoms with Crippen molar-refractivity contribution in [2.75, 3.05) is 35.6 Å². The Kier molecular flexibility index (Phi) is 4.76. The van der Waals surface area contributed by atoms with Crippen LogP contribution >= 0.6 is 0 Å². The molecule has 0 spiro atoms. The van der Waals surface area contributed by atoms with E-state index >= 15 is 0 Å². The molecular weight excluding hydrogens is 389 g/mol. The maximum atomic E-state index is 13.5. The van der Waals surface area contributed by atoms with Crippen molar-refractivity contribution in [3.63, 3.8) is 0 Å². The van der Waals surface area contributed by atoms with Gasteiger partial charge in [-0.2, -0.15) is 4.98 Å². The summed E-state index contributed by atoms with van der Waals surface area (Å²) in [4.78, 5) is 27.5. The molecule has 4 N–H and O–H groups in total. The van der Waals surface area contributed by atoms with Gasteiger partial charge in [-0.05, 0) is 44.2 Å². The van der Waals surface area contributed by atoms with Crippen LogP contribution < -0.4 is 16.0 Å². The Morgan fingerprint density at radius 3 is 2.63 bits per heavy atom. The quantitative estimate of drug-likeness (QED) is 0.601. The normalized spacial score (nSPS) is 16.0. The van der Waals surface area contributed by atoms with E-state index in [0.717, 1.165) is 11.4 Å². The van der Waals surface area contributed by atoms with E-state index in [0.29, 0.717) is 36.6 Å². The average molecular weight is 411 g/mol. The first-order chi connectivity index (χ1) is 14.2. The van der Waals surface area contributed by atoms with Gasteiger partial charge in [0.05, 0.1) is 5.54 Å². The van der Waals surface area contributed by atoms with Crippen molar-refractivity contribution < 1.29 is 14.3 Å². The summed E-state index contributed by atoms with van der Waals surface area (Å²) < 4.78 is 13.5. The van der Waals surface area contributed by atoms with E-state index in [2.05, 4.69) is 25.2 Å². The zero-order chi connectivity index (χ0) is 21.5. The van der Waals surface area contributed by atoms with E-state index in [9.17, 15) is 14.3 Å². The number of nitrogens with two attached hydrogens (primary N) is 1. The lowest BCUT2D eigenvalue weighted by atomic mass is 9.99. The summed E-state index contributed by atoms with van der Waals surface area (Å²) in [5, 5.41) is 12.9.